The monoisotopic (exact) mass is 425 g/mol. The molecule has 1 heterocycles. The van der Waals surface area contributed by atoms with Gasteiger partial charge in [-0.3, -0.25) is 14.9 Å². The molecule has 7 nitrogen and oxygen atoms in total. The SMILES string of the molecule is CC(C)C1NC(C(=O)NC23CC(NC(=O)COc4ccc(Cl)c(F)c4)(C2)C3)CO1. The maximum Gasteiger partial charge on any atom is 0.258 e. The summed E-state index contributed by atoms with van der Waals surface area (Å²) in [6, 6.07) is 3.70. The summed E-state index contributed by atoms with van der Waals surface area (Å²) < 4.78 is 24.3. The first-order chi connectivity index (χ1) is 13.7. The molecule has 1 saturated heterocycles. The minimum atomic E-state index is -0.594. The maximum absolute atomic E-state index is 13.4. The van der Waals surface area contributed by atoms with Gasteiger partial charge in [-0.2, -0.15) is 0 Å². The Morgan fingerprint density at radius 3 is 2.62 bits per heavy atom. The number of hydrogen-bond acceptors (Lipinski definition) is 5. The molecule has 2 atom stereocenters. The van der Waals surface area contributed by atoms with E-state index in [1.165, 1.54) is 12.1 Å². The molecule has 158 valence electrons. The average molecular weight is 426 g/mol. The molecule has 3 aliphatic carbocycles. The molecule has 4 fully saturated rings. The van der Waals surface area contributed by atoms with Crippen molar-refractivity contribution in [3.05, 3.63) is 29.0 Å². The number of ether oxygens (including phenoxy) is 2. The van der Waals surface area contributed by atoms with Crippen LogP contribution in [0.3, 0.4) is 0 Å². The van der Waals surface area contributed by atoms with Gasteiger partial charge in [0.2, 0.25) is 5.91 Å². The molecule has 9 heteroatoms. The summed E-state index contributed by atoms with van der Waals surface area (Å²) in [6.07, 6.45) is 2.01. The van der Waals surface area contributed by atoms with Crippen LogP contribution in [-0.2, 0) is 14.3 Å². The smallest absolute Gasteiger partial charge is 0.258 e. The van der Waals surface area contributed by atoms with E-state index in [9.17, 15) is 14.0 Å². The predicted molar refractivity (Wildman–Crippen MR) is 104 cm³/mol. The van der Waals surface area contributed by atoms with Gasteiger partial charge in [-0.25, -0.2) is 4.39 Å². The molecule has 0 aromatic heterocycles. The Bertz CT molecular complexity index is 814. The summed E-state index contributed by atoms with van der Waals surface area (Å²) in [4.78, 5) is 24.6. The Kier molecular flexibility index (Phi) is 5.21. The van der Waals surface area contributed by atoms with Gasteiger partial charge >= 0.3 is 0 Å². The highest BCUT2D eigenvalue weighted by Gasteiger charge is 2.69. The van der Waals surface area contributed by atoms with Crippen LogP contribution in [0.2, 0.25) is 5.02 Å². The summed E-state index contributed by atoms with van der Waals surface area (Å²) >= 11 is 5.62. The third kappa shape index (κ3) is 4.06. The van der Waals surface area contributed by atoms with Gasteiger partial charge in [0.05, 0.1) is 11.6 Å². The van der Waals surface area contributed by atoms with Crippen LogP contribution in [0.25, 0.3) is 0 Å². The van der Waals surface area contributed by atoms with Crippen molar-refractivity contribution >= 4 is 23.4 Å². The zero-order valence-electron chi connectivity index (χ0n) is 16.4. The topological polar surface area (TPSA) is 88.7 Å². The molecule has 5 rings (SSSR count). The molecular weight excluding hydrogens is 401 g/mol. The fourth-order valence-corrected chi connectivity index (χ4v) is 4.60. The number of carbonyl (C=O) groups is 2. The Balaban J connectivity index is 1.19. The number of nitrogens with one attached hydrogen (secondary N) is 3. The predicted octanol–water partition coefficient (Wildman–Crippen LogP) is 1.74. The van der Waals surface area contributed by atoms with Crippen molar-refractivity contribution in [1.82, 2.24) is 16.0 Å². The van der Waals surface area contributed by atoms with Crippen LogP contribution in [0.15, 0.2) is 18.2 Å². The van der Waals surface area contributed by atoms with Gasteiger partial charge in [0.25, 0.3) is 5.91 Å². The second-order valence-electron chi connectivity index (χ2n) is 8.71. The van der Waals surface area contributed by atoms with E-state index in [-0.39, 0.29) is 52.5 Å². The van der Waals surface area contributed by atoms with Crippen LogP contribution in [0.1, 0.15) is 33.1 Å². The van der Waals surface area contributed by atoms with E-state index in [1.54, 1.807) is 0 Å². The summed E-state index contributed by atoms with van der Waals surface area (Å²) in [7, 11) is 0. The van der Waals surface area contributed by atoms with Crippen LogP contribution in [0.4, 0.5) is 4.39 Å². The van der Waals surface area contributed by atoms with Gasteiger partial charge in [0.15, 0.2) is 6.61 Å². The van der Waals surface area contributed by atoms with Crippen LogP contribution < -0.4 is 20.7 Å². The van der Waals surface area contributed by atoms with E-state index < -0.39 is 5.82 Å². The fourth-order valence-electron chi connectivity index (χ4n) is 4.48. The van der Waals surface area contributed by atoms with Crippen LogP contribution in [0.5, 0.6) is 5.75 Å². The van der Waals surface area contributed by atoms with Crippen molar-refractivity contribution in [2.24, 2.45) is 5.92 Å². The molecule has 0 spiro atoms. The highest BCUT2D eigenvalue weighted by molar-refractivity contribution is 6.30. The summed E-state index contributed by atoms with van der Waals surface area (Å²) in [5.74, 6) is -0.378. The third-order valence-corrected chi connectivity index (χ3v) is 6.12. The lowest BCUT2D eigenvalue weighted by Crippen LogP contribution is -2.84. The second kappa shape index (κ2) is 7.41. The number of benzene rings is 1. The number of carbonyl (C=O) groups excluding carboxylic acids is 2. The van der Waals surface area contributed by atoms with Gasteiger partial charge in [-0.05, 0) is 37.3 Å². The number of halogens is 2. The highest BCUT2D eigenvalue weighted by atomic mass is 35.5. The summed E-state index contributed by atoms with van der Waals surface area (Å²) in [5, 5.41) is 9.28. The van der Waals surface area contributed by atoms with Crippen LogP contribution >= 0.6 is 11.6 Å². The lowest BCUT2D eigenvalue weighted by atomic mass is 9.44. The van der Waals surface area contributed by atoms with Crippen LogP contribution in [0, 0.1) is 11.7 Å². The van der Waals surface area contributed by atoms with E-state index in [0.29, 0.717) is 31.8 Å². The van der Waals surface area contributed by atoms with Crippen molar-refractivity contribution in [2.45, 2.75) is 56.5 Å². The Morgan fingerprint density at radius 1 is 1.31 bits per heavy atom. The zero-order chi connectivity index (χ0) is 20.8. The maximum atomic E-state index is 13.4. The van der Waals surface area contributed by atoms with Gasteiger partial charge in [-0.15, -0.1) is 0 Å². The Hall–Kier alpha value is -1.90. The number of amides is 2. The second-order valence-corrected chi connectivity index (χ2v) is 9.12. The molecule has 0 radical (unpaired) electrons. The highest BCUT2D eigenvalue weighted by Crippen LogP contribution is 2.60. The van der Waals surface area contributed by atoms with E-state index in [1.807, 2.05) is 13.8 Å². The molecule has 1 aromatic rings. The minimum absolute atomic E-state index is 0.00195. The van der Waals surface area contributed by atoms with Gasteiger partial charge < -0.3 is 20.1 Å². The minimum Gasteiger partial charge on any atom is -0.484 e. The molecule has 2 bridgehead atoms. The Morgan fingerprint density at radius 2 is 2.00 bits per heavy atom. The summed E-state index contributed by atoms with van der Waals surface area (Å²) in [6.45, 7) is 4.24. The van der Waals surface area contributed by atoms with Gasteiger partial charge in [0.1, 0.15) is 23.8 Å². The van der Waals surface area contributed by atoms with Crippen molar-refractivity contribution in [1.29, 1.82) is 0 Å². The lowest BCUT2D eigenvalue weighted by Gasteiger charge is -2.70. The molecule has 2 unspecified atom stereocenters. The first-order valence-corrected chi connectivity index (χ1v) is 10.2. The van der Waals surface area contributed by atoms with Crippen LogP contribution in [-0.4, -0.2) is 48.4 Å². The van der Waals surface area contributed by atoms with Gasteiger partial charge in [0, 0.05) is 17.1 Å². The van der Waals surface area contributed by atoms with E-state index in [0.717, 1.165) is 6.07 Å². The Labute approximate surface area is 173 Å². The molecule has 3 saturated carbocycles. The fraction of sp³-hybridized carbons (Fsp3) is 0.600. The van der Waals surface area contributed by atoms with E-state index in [2.05, 4.69) is 16.0 Å². The largest absolute Gasteiger partial charge is 0.484 e. The van der Waals surface area contributed by atoms with Gasteiger partial charge in [-0.1, -0.05) is 25.4 Å². The molecule has 4 aliphatic rings. The normalized spacial score (nSPS) is 32.3. The first kappa shape index (κ1) is 20.4. The van der Waals surface area contributed by atoms with Crippen molar-refractivity contribution in [2.75, 3.05) is 13.2 Å². The van der Waals surface area contributed by atoms with Crippen molar-refractivity contribution < 1.29 is 23.5 Å². The first-order valence-electron chi connectivity index (χ1n) is 9.78. The lowest BCUT2D eigenvalue weighted by molar-refractivity contribution is -0.151. The third-order valence-electron chi connectivity index (χ3n) is 5.81. The number of rotatable bonds is 7. The summed E-state index contributed by atoms with van der Waals surface area (Å²) in [5.41, 5.74) is -0.513. The van der Waals surface area contributed by atoms with E-state index >= 15 is 0 Å². The number of hydrogen-bond donors (Lipinski definition) is 3. The van der Waals surface area contributed by atoms with Crippen molar-refractivity contribution in [3.63, 3.8) is 0 Å². The average Bonchev–Trinajstić information content (AvgIpc) is 3.10. The molecule has 2 amide bonds. The molecule has 29 heavy (non-hydrogen) atoms. The molecular formula is C20H25ClFN3O4. The van der Waals surface area contributed by atoms with Crippen molar-refractivity contribution in [3.8, 4) is 5.75 Å². The molecule has 3 N–H and O–H groups in total. The van der Waals surface area contributed by atoms with E-state index in [4.69, 9.17) is 21.1 Å². The molecule has 1 aliphatic heterocycles. The zero-order valence-corrected chi connectivity index (χ0v) is 17.1. The standard InChI is InChI=1S/C20H25ClFN3O4/c1-11(2)18-23-15(6-29-18)17(27)25-20-8-19(9-20,10-20)24-16(26)7-28-12-3-4-13(21)14(22)5-12/h3-5,11,15,18,23H,6-10H2,1-2H3,(H,24,26)(H,25,27). The molecule has 1 aromatic carbocycles. The quantitative estimate of drug-likeness (QED) is 0.619.